The second-order valence-corrected chi connectivity index (χ2v) is 4.18. The van der Waals surface area contributed by atoms with Crippen LogP contribution in [0.1, 0.15) is 12.8 Å². The van der Waals surface area contributed by atoms with Crippen LogP contribution in [0.4, 0.5) is 0 Å². The number of benzene rings is 1. The summed E-state index contributed by atoms with van der Waals surface area (Å²) < 4.78 is 6.15. The van der Waals surface area contributed by atoms with E-state index in [0.717, 1.165) is 0 Å². The number of unbranched alkanes of at least 4 members (excludes halogenated alkanes) is 1. The number of nitrogens with zero attached hydrogens (tertiary/aromatic N) is 3. The Balaban J connectivity index is 2.07. The molecule has 6 nitrogen and oxygen atoms in total. The Morgan fingerprint density at radius 3 is 3.00 bits per heavy atom. The third kappa shape index (κ3) is 3.20. The number of carbonyl (C=O) groups excluding carboxylic acids is 1. The molecule has 2 rings (SSSR count). The number of carbonyl (C=O) groups is 1. The van der Waals surface area contributed by atoms with Crippen molar-refractivity contribution in [2.75, 3.05) is 6.61 Å². The van der Waals surface area contributed by atoms with E-state index in [1.54, 1.807) is 24.3 Å². The standard InChI is InChI=1S/C14H13N3O3/c15-7-3-4-8-20-13(18)9-17-10-16-12-6-2-1-5-11(12)14(17)19/h1-2,5-6,10H,3-4,8-9H2. The van der Waals surface area contributed by atoms with Crippen molar-refractivity contribution in [2.45, 2.75) is 19.4 Å². The Labute approximate surface area is 115 Å². The van der Waals surface area contributed by atoms with E-state index in [9.17, 15) is 9.59 Å². The van der Waals surface area contributed by atoms with Crippen LogP contribution in [0.25, 0.3) is 10.9 Å². The SMILES string of the molecule is N#CCCCOC(=O)Cn1cnc2ccccc2c1=O. The largest absolute Gasteiger partial charge is 0.464 e. The number of esters is 1. The first kappa shape index (κ1) is 13.7. The summed E-state index contributed by atoms with van der Waals surface area (Å²) in [7, 11) is 0. The summed E-state index contributed by atoms with van der Waals surface area (Å²) in [5.74, 6) is -0.512. The lowest BCUT2D eigenvalue weighted by atomic mass is 10.2. The Morgan fingerprint density at radius 1 is 1.40 bits per heavy atom. The molecule has 0 aliphatic carbocycles. The van der Waals surface area contributed by atoms with E-state index >= 15 is 0 Å². The average Bonchev–Trinajstić information content (AvgIpc) is 2.47. The third-order valence-electron chi connectivity index (χ3n) is 2.73. The van der Waals surface area contributed by atoms with Gasteiger partial charge >= 0.3 is 5.97 Å². The fraction of sp³-hybridized carbons (Fsp3) is 0.286. The van der Waals surface area contributed by atoms with E-state index in [0.29, 0.717) is 23.7 Å². The first-order valence-electron chi connectivity index (χ1n) is 6.19. The summed E-state index contributed by atoms with van der Waals surface area (Å²) in [6.07, 6.45) is 2.17. The molecule has 0 saturated carbocycles. The fourth-order valence-electron chi connectivity index (χ4n) is 1.74. The number of rotatable bonds is 5. The Hall–Kier alpha value is -2.68. The van der Waals surface area contributed by atoms with Gasteiger partial charge in [-0.05, 0) is 18.6 Å². The average molecular weight is 271 g/mol. The lowest BCUT2D eigenvalue weighted by Gasteiger charge is -2.06. The molecule has 1 aromatic carbocycles. The Bertz CT molecular complexity index is 715. The normalized spacial score (nSPS) is 10.2. The highest BCUT2D eigenvalue weighted by atomic mass is 16.5. The van der Waals surface area contributed by atoms with Gasteiger partial charge in [0.2, 0.25) is 0 Å². The zero-order valence-corrected chi connectivity index (χ0v) is 10.8. The molecule has 2 aromatic rings. The molecule has 0 saturated heterocycles. The molecule has 6 heteroatoms. The van der Waals surface area contributed by atoms with Crippen LogP contribution in [0.5, 0.6) is 0 Å². The van der Waals surface area contributed by atoms with Gasteiger partial charge in [0.15, 0.2) is 0 Å². The Morgan fingerprint density at radius 2 is 2.20 bits per heavy atom. The maximum absolute atomic E-state index is 12.1. The zero-order valence-electron chi connectivity index (χ0n) is 10.8. The van der Waals surface area contributed by atoms with Crippen LogP contribution in [0, 0.1) is 11.3 Å². The van der Waals surface area contributed by atoms with Gasteiger partial charge < -0.3 is 4.74 Å². The number of para-hydroxylation sites is 1. The van der Waals surface area contributed by atoms with Gasteiger partial charge in [0.05, 0.1) is 29.9 Å². The zero-order chi connectivity index (χ0) is 14.4. The van der Waals surface area contributed by atoms with Crippen molar-refractivity contribution in [1.29, 1.82) is 5.26 Å². The molecule has 0 amide bonds. The first-order valence-corrected chi connectivity index (χ1v) is 6.19. The van der Waals surface area contributed by atoms with Crippen LogP contribution >= 0.6 is 0 Å². The summed E-state index contributed by atoms with van der Waals surface area (Å²) >= 11 is 0. The number of nitriles is 1. The molecule has 0 bridgehead atoms. The van der Waals surface area contributed by atoms with E-state index in [1.165, 1.54) is 10.9 Å². The third-order valence-corrected chi connectivity index (χ3v) is 2.73. The van der Waals surface area contributed by atoms with Crippen LogP contribution in [-0.4, -0.2) is 22.1 Å². The second-order valence-electron chi connectivity index (χ2n) is 4.18. The minimum atomic E-state index is -0.512. The number of hydrogen-bond donors (Lipinski definition) is 0. The lowest BCUT2D eigenvalue weighted by Crippen LogP contribution is -2.25. The van der Waals surface area contributed by atoms with E-state index in [-0.39, 0.29) is 18.7 Å². The van der Waals surface area contributed by atoms with Gasteiger partial charge in [-0.15, -0.1) is 0 Å². The van der Waals surface area contributed by atoms with Crippen LogP contribution in [-0.2, 0) is 16.1 Å². The molecule has 0 aliphatic heterocycles. The summed E-state index contributed by atoms with van der Waals surface area (Å²) in [6, 6.07) is 8.91. The number of ether oxygens (including phenoxy) is 1. The number of aromatic nitrogens is 2. The highest BCUT2D eigenvalue weighted by Gasteiger charge is 2.08. The molecule has 102 valence electrons. The van der Waals surface area contributed by atoms with Gasteiger partial charge in [-0.1, -0.05) is 12.1 Å². The highest BCUT2D eigenvalue weighted by molar-refractivity contribution is 5.77. The van der Waals surface area contributed by atoms with Gasteiger partial charge in [0.25, 0.3) is 5.56 Å². The molecular formula is C14H13N3O3. The molecule has 0 fully saturated rings. The van der Waals surface area contributed by atoms with Gasteiger partial charge in [0, 0.05) is 6.42 Å². The number of hydrogen-bond acceptors (Lipinski definition) is 5. The van der Waals surface area contributed by atoms with E-state index in [1.807, 2.05) is 6.07 Å². The van der Waals surface area contributed by atoms with Crippen molar-refractivity contribution in [2.24, 2.45) is 0 Å². The Kier molecular flexibility index (Phi) is 4.45. The lowest BCUT2D eigenvalue weighted by molar-refractivity contribution is -0.144. The predicted molar refractivity (Wildman–Crippen MR) is 71.8 cm³/mol. The van der Waals surface area contributed by atoms with Gasteiger partial charge in [-0.2, -0.15) is 5.26 Å². The summed E-state index contributed by atoms with van der Waals surface area (Å²) in [5.41, 5.74) is 0.320. The van der Waals surface area contributed by atoms with E-state index in [4.69, 9.17) is 10.00 Å². The van der Waals surface area contributed by atoms with Crippen molar-refractivity contribution in [3.8, 4) is 6.07 Å². The van der Waals surface area contributed by atoms with Crippen molar-refractivity contribution in [1.82, 2.24) is 9.55 Å². The predicted octanol–water partition coefficient (Wildman–Crippen LogP) is 1.24. The first-order chi connectivity index (χ1) is 9.72. The highest BCUT2D eigenvalue weighted by Crippen LogP contribution is 2.04. The molecule has 0 radical (unpaired) electrons. The van der Waals surface area contributed by atoms with E-state index in [2.05, 4.69) is 4.98 Å². The molecule has 1 aromatic heterocycles. The molecular weight excluding hydrogens is 258 g/mol. The maximum atomic E-state index is 12.1. The van der Waals surface area contributed by atoms with Gasteiger partial charge in [-0.25, -0.2) is 4.98 Å². The molecule has 0 atom stereocenters. The van der Waals surface area contributed by atoms with Crippen molar-refractivity contribution in [3.63, 3.8) is 0 Å². The smallest absolute Gasteiger partial charge is 0.326 e. The summed E-state index contributed by atoms with van der Waals surface area (Å²) in [6.45, 7) is 0.00533. The quantitative estimate of drug-likeness (QED) is 0.603. The summed E-state index contributed by atoms with van der Waals surface area (Å²) in [5, 5.41) is 8.82. The minimum Gasteiger partial charge on any atom is -0.464 e. The monoisotopic (exact) mass is 271 g/mol. The van der Waals surface area contributed by atoms with Crippen molar-refractivity contribution < 1.29 is 9.53 Å². The maximum Gasteiger partial charge on any atom is 0.326 e. The van der Waals surface area contributed by atoms with E-state index < -0.39 is 5.97 Å². The van der Waals surface area contributed by atoms with Gasteiger partial charge in [-0.3, -0.25) is 14.2 Å². The van der Waals surface area contributed by atoms with Crippen LogP contribution in [0.2, 0.25) is 0 Å². The van der Waals surface area contributed by atoms with Gasteiger partial charge in [0.1, 0.15) is 6.54 Å². The minimum absolute atomic E-state index is 0.177. The van der Waals surface area contributed by atoms with Crippen molar-refractivity contribution >= 4 is 16.9 Å². The summed E-state index contributed by atoms with van der Waals surface area (Å²) in [4.78, 5) is 27.8. The molecule has 0 spiro atoms. The molecule has 0 unspecified atom stereocenters. The second kappa shape index (κ2) is 6.48. The molecule has 20 heavy (non-hydrogen) atoms. The van der Waals surface area contributed by atoms with Crippen molar-refractivity contribution in [3.05, 3.63) is 40.9 Å². The molecule has 1 heterocycles. The fourth-order valence-corrected chi connectivity index (χ4v) is 1.74. The topological polar surface area (TPSA) is 85.0 Å². The molecule has 0 N–H and O–H groups in total. The molecule has 0 aliphatic rings. The number of fused-ring (bicyclic) bond motifs is 1. The van der Waals surface area contributed by atoms with Crippen LogP contribution in [0.15, 0.2) is 35.4 Å². The van der Waals surface area contributed by atoms with Crippen LogP contribution < -0.4 is 5.56 Å². The van der Waals surface area contributed by atoms with Crippen LogP contribution in [0.3, 0.4) is 0 Å².